The minimum absolute atomic E-state index is 0.248. The minimum Gasteiger partial charge on any atom is -0.460 e. The predicted molar refractivity (Wildman–Crippen MR) is 108 cm³/mol. The van der Waals surface area contributed by atoms with Gasteiger partial charge in [-0.2, -0.15) is 0 Å². The van der Waals surface area contributed by atoms with Crippen LogP contribution >= 0.6 is 23.1 Å². The second-order valence-electron chi connectivity index (χ2n) is 5.74. The number of pyridine rings is 1. The van der Waals surface area contributed by atoms with Crippen LogP contribution in [-0.4, -0.2) is 26.8 Å². The fourth-order valence-corrected chi connectivity index (χ4v) is 4.31. The van der Waals surface area contributed by atoms with Crippen LogP contribution in [0.4, 0.5) is 5.13 Å². The Hall–Kier alpha value is -2.71. The Balaban J connectivity index is 1.73. The average Bonchev–Trinajstić information content (AvgIpc) is 3.30. The average molecular weight is 396 g/mol. The van der Waals surface area contributed by atoms with Gasteiger partial charge in [-0.25, -0.2) is 4.98 Å². The molecule has 0 bridgehead atoms. The monoisotopic (exact) mass is 396 g/mol. The highest BCUT2D eigenvalue weighted by molar-refractivity contribution is 8.01. The summed E-state index contributed by atoms with van der Waals surface area (Å²) >= 11 is 2.96. The lowest BCUT2D eigenvalue weighted by atomic mass is 10.1. The first kappa shape index (κ1) is 17.7. The van der Waals surface area contributed by atoms with Crippen molar-refractivity contribution in [1.29, 1.82) is 0 Å². The van der Waals surface area contributed by atoms with E-state index in [9.17, 15) is 4.79 Å². The van der Waals surface area contributed by atoms with Gasteiger partial charge < -0.3 is 4.42 Å². The second-order valence-corrected chi connectivity index (χ2v) is 8.23. The number of hydrogen-bond donors (Lipinski definition) is 1. The van der Waals surface area contributed by atoms with E-state index in [0.29, 0.717) is 22.1 Å². The highest BCUT2D eigenvalue weighted by atomic mass is 32.2. The molecule has 4 rings (SSSR count). The van der Waals surface area contributed by atoms with Crippen LogP contribution in [0.25, 0.3) is 22.4 Å². The summed E-state index contributed by atoms with van der Waals surface area (Å²) in [5.74, 6) is 2.08. The minimum atomic E-state index is -0.248. The molecule has 0 aliphatic carbocycles. The number of anilines is 1. The molecule has 0 saturated carbocycles. The van der Waals surface area contributed by atoms with E-state index in [1.54, 1.807) is 17.8 Å². The number of thioether (sulfide) groups is 1. The lowest BCUT2D eigenvalue weighted by Crippen LogP contribution is -2.13. The molecule has 27 heavy (non-hydrogen) atoms. The van der Waals surface area contributed by atoms with Crippen molar-refractivity contribution in [2.75, 3.05) is 11.1 Å². The van der Waals surface area contributed by atoms with Gasteiger partial charge in [0.15, 0.2) is 10.1 Å². The number of aromatic nitrogens is 3. The molecule has 0 aliphatic rings. The van der Waals surface area contributed by atoms with E-state index in [2.05, 4.69) is 20.5 Å². The number of carbonyl (C=O) groups excluding carboxylic acids is 1. The maximum absolute atomic E-state index is 12.9. The predicted octanol–water partition coefficient (Wildman–Crippen LogP) is 5.02. The number of hydrogen-bond acceptors (Lipinski definition) is 7. The van der Waals surface area contributed by atoms with E-state index in [1.165, 1.54) is 11.3 Å². The Morgan fingerprint density at radius 1 is 1.22 bits per heavy atom. The molecule has 0 fully saturated rings. The first-order chi connectivity index (χ1) is 13.1. The molecule has 0 aliphatic heterocycles. The Bertz CT molecular complexity index is 1120. The van der Waals surface area contributed by atoms with Gasteiger partial charge >= 0.3 is 0 Å². The van der Waals surface area contributed by atoms with Gasteiger partial charge in [0.1, 0.15) is 11.5 Å². The summed E-state index contributed by atoms with van der Waals surface area (Å²) in [5, 5.41) is 12.2. The van der Waals surface area contributed by atoms with Crippen LogP contribution in [0.5, 0.6) is 0 Å². The number of rotatable bonds is 5. The summed E-state index contributed by atoms with van der Waals surface area (Å²) in [5.41, 5.74) is 1.87. The van der Waals surface area contributed by atoms with Crippen LogP contribution in [0.3, 0.4) is 0 Å². The molecule has 136 valence electrons. The molecule has 0 saturated heterocycles. The highest BCUT2D eigenvalue weighted by Gasteiger charge is 2.17. The number of furan rings is 1. The van der Waals surface area contributed by atoms with Crippen molar-refractivity contribution in [1.82, 2.24) is 15.2 Å². The molecule has 0 unspecified atom stereocenters. The standard InChI is InChI=1S/C19H16N4O2S2/c1-3-26-19-23-22-18(27-19)21-17(24)13-10-15(16-9-8-11(2)25-16)20-14-7-5-4-6-12(13)14/h4-10H,3H2,1-2H3,(H,21,22,24). The zero-order valence-corrected chi connectivity index (χ0v) is 16.4. The molecule has 4 aromatic rings. The lowest BCUT2D eigenvalue weighted by Gasteiger charge is -2.08. The summed E-state index contributed by atoms with van der Waals surface area (Å²) < 4.78 is 6.52. The van der Waals surface area contributed by atoms with Crippen molar-refractivity contribution in [2.45, 2.75) is 18.2 Å². The third-order valence-electron chi connectivity index (χ3n) is 3.85. The van der Waals surface area contributed by atoms with E-state index in [-0.39, 0.29) is 5.91 Å². The van der Waals surface area contributed by atoms with Crippen molar-refractivity contribution < 1.29 is 9.21 Å². The smallest absolute Gasteiger partial charge is 0.258 e. The van der Waals surface area contributed by atoms with Crippen LogP contribution in [0.1, 0.15) is 23.0 Å². The molecule has 1 amide bonds. The van der Waals surface area contributed by atoms with Crippen LogP contribution in [-0.2, 0) is 0 Å². The fraction of sp³-hybridized carbons (Fsp3) is 0.158. The third kappa shape index (κ3) is 3.72. The lowest BCUT2D eigenvalue weighted by molar-refractivity contribution is 0.102. The number of nitrogens with one attached hydrogen (secondary N) is 1. The molecule has 3 aromatic heterocycles. The number of benzene rings is 1. The third-order valence-corrected chi connectivity index (χ3v) is 5.70. The number of aryl methyl sites for hydroxylation is 1. The Kier molecular flexibility index (Phi) is 4.91. The summed E-state index contributed by atoms with van der Waals surface area (Å²) in [7, 11) is 0. The number of carbonyl (C=O) groups is 1. The molecular weight excluding hydrogens is 380 g/mol. The van der Waals surface area contributed by atoms with Crippen LogP contribution in [0.15, 0.2) is 51.2 Å². The van der Waals surface area contributed by atoms with Gasteiger partial charge in [0, 0.05) is 5.39 Å². The molecule has 0 spiro atoms. The molecule has 0 radical (unpaired) electrons. The largest absolute Gasteiger partial charge is 0.460 e. The highest BCUT2D eigenvalue weighted by Crippen LogP contribution is 2.28. The van der Waals surface area contributed by atoms with Gasteiger partial charge in [-0.15, -0.1) is 10.2 Å². The topological polar surface area (TPSA) is 80.9 Å². The Morgan fingerprint density at radius 2 is 2.07 bits per heavy atom. The van der Waals surface area contributed by atoms with Gasteiger partial charge in [-0.05, 0) is 36.9 Å². The first-order valence-corrected chi connectivity index (χ1v) is 10.2. The van der Waals surface area contributed by atoms with Gasteiger partial charge in [-0.1, -0.05) is 48.2 Å². The number of para-hydroxylation sites is 1. The zero-order valence-electron chi connectivity index (χ0n) is 14.7. The number of nitrogens with zero attached hydrogens (tertiary/aromatic N) is 3. The van der Waals surface area contributed by atoms with E-state index >= 15 is 0 Å². The van der Waals surface area contributed by atoms with E-state index in [4.69, 9.17) is 4.42 Å². The number of amides is 1. The SMILES string of the molecule is CCSc1nnc(NC(=O)c2cc(-c3ccc(C)o3)nc3ccccc23)s1. The van der Waals surface area contributed by atoms with Crippen molar-refractivity contribution >= 4 is 45.0 Å². The molecule has 0 atom stereocenters. The van der Waals surface area contributed by atoms with E-state index in [0.717, 1.165) is 26.8 Å². The summed E-state index contributed by atoms with van der Waals surface area (Å²) in [6.45, 7) is 3.92. The molecular formula is C19H16N4O2S2. The molecule has 1 aromatic carbocycles. The molecule has 1 N–H and O–H groups in total. The number of fused-ring (bicyclic) bond motifs is 1. The van der Waals surface area contributed by atoms with E-state index < -0.39 is 0 Å². The van der Waals surface area contributed by atoms with E-state index in [1.807, 2.05) is 50.2 Å². The van der Waals surface area contributed by atoms with Crippen LogP contribution in [0, 0.1) is 6.92 Å². The summed E-state index contributed by atoms with van der Waals surface area (Å²) in [6, 6.07) is 13.0. The first-order valence-electron chi connectivity index (χ1n) is 8.38. The summed E-state index contributed by atoms with van der Waals surface area (Å²) in [6.07, 6.45) is 0. The van der Waals surface area contributed by atoms with Crippen molar-refractivity contribution in [2.24, 2.45) is 0 Å². The fourth-order valence-electron chi connectivity index (χ4n) is 2.67. The van der Waals surface area contributed by atoms with Gasteiger partial charge in [0.2, 0.25) is 5.13 Å². The van der Waals surface area contributed by atoms with Crippen LogP contribution in [0.2, 0.25) is 0 Å². The quantitative estimate of drug-likeness (QED) is 0.377. The Labute approximate surface area is 164 Å². The maximum Gasteiger partial charge on any atom is 0.258 e. The molecule has 8 heteroatoms. The van der Waals surface area contributed by atoms with Gasteiger partial charge in [0.05, 0.1) is 11.1 Å². The van der Waals surface area contributed by atoms with Gasteiger partial charge in [0.25, 0.3) is 5.91 Å². The summed E-state index contributed by atoms with van der Waals surface area (Å²) in [4.78, 5) is 17.6. The van der Waals surface area contributed by atoms with Crippen molar-refractivity contribution in [3.05, 3.63) is 53.8 Å². The molecule has 6 nitrogen and oxygen atoms in total. The van der Waals surface area contributed by atoms with Crippen molar-refractivity contribution in [3.63, 3.8) is 0 Å². The van der Waals surface area contributed by atoms with Crippen molar-refractivity contribution in [3.8, 4) is 11.5 Å². The Morgan fingerprint density at radius 3 is 2.85 bits per heavy atom. The van der Waals surface area contributed by atoms with Crippen LogP contribution < -0.4 is 5.32 Å². The van der Waals surface area contributed by atoms with Gasteiger partial charge in [-0.3, -0.25) is 10.1 Å². The second kappa shape index (κ2) is 7.50. The zero-order chi connectivity index (χ0) is 18.8. The molecule has 3 heterocycles. The normalized spacial score (nSPS) is 11.0. The maximum atomic E-state index is 12.9.